The molecule has 0 unspecified atom stereocenters. The summed E-state index contributed by atoms with van der Waals surface area (Å²) < 4.78 is 39.8. The van der Waals surface area contributed by atoms with Gasteiger partial charge in [0.25, 0.3) is 5.56 Å². The Morgan fingerprint density at radius 3 is 2.41 bits per heavy atom. The Morgan fingerprint density at radius 1 is 1.00 bits per heavy atom. The van der Waals surface area contributed by atoms with Crippen molar-refractivity contribution in [3.05, 3.63) is 82.9 Å². The van der Waals surface area contributed by atoms with Crippen LogP contribution in [0.5, 0.6) is 0 Å². The minimum absolute atomic E-state index is 0.289. The maximum atomic E-state index is 13.1. The lowest BCUT2D eigenvalue weighted by Crippen LogP contribution is -2.29. The molecule has 0 aliphatic carbocycles. The highest BCUT2D eigenvalue weighted by atomic mass is 19.4. The second-order valence-corrected chi connectivity index (χ2v) is 8.33. The molecule has 9 heteroatoms. The molecule has 1 N–H and O–H groups in total. The Hall–Kier alpha value is -3.72. The molecule has 1 atom stereocenters. The van der Waals surface area contributed by atoms with E-state index in [1.165, 1.54) is 16.8 Å². The van der Waals surface area contributed by atoms with Gasteiger partial charge in [0.15, 0.2) is 0 Å². The van der Waals surface area contributed by atoms with Crippen LogP contribution in [0.3, 0.4) is 0 Å². The molecule has 1 saturated heterocycles. The van der Waals surface area contributed by atoms with Crippen molar-refractivity contribution < 1.29 is 13.2 Å². The third kappa shape index (κ3) is 4.14. The fourth-order valence-corrected chi connectivity index (χ4v) is 4.26. The molecule has 2 aromatic carbocycles. The van der Waals surface area contributed by atoms with E-state index >= 15 is 0 Å². The van der Waals surface area contributed by atoms with Crippen LogP contribution in [0.4, 0.5) is 19.0 Å². The topological polar surface area (TPSA) is 63.1 Å². The zero-order valence-corrected chi connectivity index (χ0v) is 18.4. The summed E-state index contributed by atoms with van der Waals surface area (Å²) in [6.45, 7) is 1.81. The molecule has 0 saturated carbocycles. The van der Waals surface area contributed by atoms with Crippen LogP contribution in [0.2, 0.25) is 0 Å². The van der Waals surface area contributed by atoms with Gasteiger partial charge in [0.1, 0.15) is 5.82 Å². The van der Waals surface area contributed by atoms with Crippen LogP contribution < -0.4 is 15.8 Å². The monoisotopic (exact) mass is 465 g/mol. The summed E-state index contributed by atoms with van der Waals surface area (Å²) in [5, 5.41) is 8.65. The lowest BCUT2D eigenvalue weighted by molar-refractivity contribution is -0.137. The summed E-state index contributed by atoms with van der Waals surface area (Å²) in [7, 11) is 1.95. The second-order valence-electron chi connectivity index (χ2n) is 8.33. The molecule has 0 amide bonds. The van der Waals surface area contributed by atoms with E-state index in [4.69, 9.17) is 0 Å². The van der Waals surface area contributed by atoms with Crippen molar-refractivity contribution in [3.63, 3.8) is 0 Å². The quantitative estimate of drug-likeness (QED) is 0.488. The third-order valence-corrected chi connectivity index (χ3v) is 6.23. The molecule has 2 aromatic heterocycles. The Morgan fingerprint density at radius 2 is 1.76 bits per heavy atom. The van der Waals surface area contributed by atoms with Crippen molar-refractivity contribution >= 4 is 16.6 Å². The summed E-state index contributed by atoms with van der Waals surface area (Å²) >= 11 is 0. The molecule has 3 heterocycles. The highest BCUT2D eigenvalue weighted by molar-refractivity contribution is 5.86. The first kappa shape index (κ1) is 22.1. The van der Waals surface area contributed by atoms with Crippen LogP contribution in [-0.2, 0) is 6.18 Å². The third-order valence-electron chi connectivity index (χ3n) is 6.23. The van der Waals surface area contributed by atoms with Crippen molar-refractivity contribution in [2.24, 2.45) is 0 Å². The van der Waals surface area contributed by atoms with E-state index in [0.717, 1.165) is 37.5 Å². The van der Waals surface area contributed by atoms with Crippen LogP contribution in [0.1, 0.15) is 12.0 Å². The van der Waals surface area contributed by atoms with Gasteiger partial charge in [-0.1, -0.05) is 18.2 Å². The number of aromatic nitrogens is 3. The maximum Gasteiger partial charge on any atom is 0.416 e. The number of benzene rings is 2. The minimum atomic E-state index is -4.38. The number of anilines is 1. The molecule has 174 valence electrons. The fourth-order valence-electron chi connectivity index (χ4n) is 4.26. The first-order valence-corrected chi connectivity index (χ1v) is 10.9. The van der Waals surface area contributed by atoms with Crippen LogP contribution in [-0.4, -0.2) is 40.9 Å². The fraction of sp³-hybridized carbons (Fsp3) is 0.240. The number of nitrogens with zero attached hydrogens (tertiary/aromatic N) is 4. The van der Waals surface area contributed by atoms with Gasteiger partial charge in [-0.25, -0.2) is 4.98 Å². The molecule has 0 radical (unpaired) electrons. The van der Waals surface area contributed by atoms with Crippen molar-refractivity contribution in [2.45, 2.75) is 18.6 Å². The SMILES string of the molecule is CN[C@H]1CCN(c2ccc(-n3ncc4cc(-c5ccc(C(F)(F)F)cc5)ccc4c3=O)cn2)C1. The molecule has 6 nitrogen and oxygen atoms in total. The predicted octanol–water partition coefficient (Wildman–Crippen LogP) is 4.26. The van der Waals surface area contributed by atoms with Gasteiger partial charge < -0.3 is 10.2 Å². The molecule has 1 aliphatic heterocycles. The van der Waals surface area contributed by atoms with Crippen molar-refractivity contribution in [2.75, 3.05) is 25.0 Å². The molecular weight excluding hydrogens is 443 g/mol. The van der Waals surface area contributed by atoms with E-state index in [0.29, 0.717) is 33.6 Å². The lowest BCUT2D eigenvalue weighted by atomic mass is 10.0. The molecule has 1 fully saturated rings. The van der Waals surface area contributed by atoms with Crippen molar-refractivity contribution in [1.29, 1.82) is 0 Å². The van der Waals surface area contributed by atoms with Gasteiger partial charge in [-0.3, -0.25) is 4.79 Å². The van der Waals surface area contributed by atoms with E-state index < -0.39 is 11.7 Å². The molecule has 34 heavy (non-hydrogen) atoms. The normalized spacial score (nSPS) is 16.4. The predicted molar refractivity (Wildman–Crippen MR) is 125 cm³/mol. The van der Waals surface area contributed by atoms with Gasteiger partial charge in [-0.2, -0.15) is 23.0 Å². The number of hydrogen-bond acceptors (Lipinski definition) is 5. The van der Waals surface area contributed by atoms with Gasteiger partial charge in [0.05, 0.1) is 29.0 Å². The summed E-state index contributed by atoms with van der Waals surface area (Å²) in [5.41, 5.74) is 0.903. The Labute approximate surface area is 193 Å². The standard InChI is InChI=1S/C25H22F3N5O/c1-29-20-10-11-32(15-20)23-9-7-21(14-30-23)33-24(34)22-8-4-17(12-18(22)13-31-33)16-2-5-19(6-3-16)25(26,27)28/h2-9,12-14,20,29H,10-11,15H2,1H3/t20-/m0/s1. The summed E-state index contributed by atoms with van der Waals surface area (Å²) in [6, 6.07) is 14.3. The Balaban J connectivity index is 1.42. The van der Waals surface area contributed by atoms with Crippen LogP contribution in [0, 0.1) is 0 Å². The molecule has 4 aromatic rings. The molecule has 0 spiro atoms. The van der Waals surface area contributed by atoms with E-state index in [2.05, 4.69) is 20.3 Å². The number of fused-ring (bicyclic) bond motifs is 1. The lowest BCUT2D eigenvalue weighted by Gasteiger charge is -2.17. The number of nitrogens with one attached hydrogen (secondary N) is 1. The molecule has 5 rings (SSSR count). The largest absolute Gasteiger partial charge is 0.416 e. The Kier molecular flexibility index (Phi) is 5.57. The van der Waals surface area contributed by atoms with Gasteiger partial charge in [-0.15, -0.1) is 0 Å². The van der Waals surface area contributed by atoms with Crippen LogP contribution in [0.15, 0.2) is 71.8 Å². The number of rotatable bonds is 4. The number of alkyl halides is 3. The zero-order valence-electron chi connectivity index (χ0n) is 18.4. The van der Waals surface area contributed by atoms with Crippen molar-refractivity contribution in [1.82, 2.24) is 20.1 Å². The minimum Gasteiger partial charge on any atom is -0.355 e. The number of hydrogen-bond donors (Lipinski definition) is 1. The molecular formula is C25H22F3N5O. The maximum absolute atomic E-state index is 13.1. The average Bonchev–Trinajstić information content (AvgIpc) is 3.33. The zero-order chi connectivity index (χ0) is 23.9. The average molecular weight is 465 g/mol. The summed E-state index contributed by atoms with van der Waals surface area (Å²) in [6.07, 6.45) is -0.108. The van der Waals surface area contributed by atoms with E-state index in [1.807, 2.05) is 19.2 Å². The summed E-state index contributed by atoms with van der Waals surface area (Å²) in [4.78, 5) is 19.8. The first-order valence-electron chi connectivity index (χ1n) is 10.9. The number of likely N-dealkylation sites (N-methyl/N-ethyl adjacent to an activating group) is 1. The van der Waals surface area contributed by atoms with Gasteiger partial charge >= 0.3 is 6.18 Å². The molecule has 1 aliphatic rings. The second kappa shape index (κ2) is 8.57. The smallest absolute Gasteiger partial charge is 0.355 e. The van der Waals surface area contributed by atoms with Crippen LogP contribution in [0.25, 0.3) is 27.6 Å². The van der Waals surface area contributed by atoms with Gasteiger partial charge in [0, 0.05) is 24.5 Å². The number of pyridine rings is 1. The van der Waals surface area contributed by atoms with Gasteiger partial charge in [0.2, 0.25) is 0 Å². The highest BCUT2D eigenvalue weighted by Crippen LogP contribution is 2.31. The Bertz CT molecular complexity index is 1380. The van der Waals surface area contributed by atoms with E-state index in [9.17, 15) is 18.0 Å². The highest BCUT2D eigenvalue weighted by Gasteiger charge is 2.30. The van der Waals surface area contributed by atoms with Crippen LogP contribution >= 0.6 is 0 Å². The van der Waals surface area contributed by atoms with E-state index in [-0.39, 0.29) is 5.56 Å². The first-order chi connectivity index (χ1) is 16.3. The van der Waals surface area contributed by atoms with Crippen molar-refractivity contribution in [3.8, 4) is 16.8 Å². The van der Waals surface area contributed by atoms with E-state index in [1.54, 1.807) is 30.6 Å². The van der Waals surface area contributed by atoms with Gasteiger partial charge in [-0.05, 0) is 61.0 Å². The summed E-state index contributed by atoms with van der Waals surface area (Å²) in [5.74, 6) is 0.858. The number of halogens is 3. The molecule has 0 bridgehead atoms.